The van der Waals surface area contributed by atoms with Crippen LogP contribution in [0.5, 0.6) is 5.75 Å². The molecule has 0 saturated carbocycles. The Morgan fingerprint density at radius 3 is 2.91 bits per heavy atom. The number of halogens is 1. The van der Waals surface area contributed by atoms with Crippen LogP contribution in [0.15, 0.2) is 36.9 Å². The molecule has 0 amide bonds. The van der Waals surface area contributed by atoms with E-state index in [2.05, 4.69) is 37.4 Å². The third-order valence-electron chi connectivity index (χ3n) is 5.56. The van der Waals surface area contributed by atoms with Gasteiger partial charge < -0.3 is 30.6 Å². The maximum Gasteiger partial charge on any atom is 0.233 e. The molecule has 10 nitrogen and oxygen atoms in total. The molecule has 2 atom stereocenters. The van der Waals surface area contributed by atoms with Gasteiger partial charge in [-0.2, -0.15) is 15.0 Å². The summed E-state index contributed by atoms with van der Waals surface area (Å²) in [5.74, 6) is 1.59. The molecule has 4 rings (SSSR count). The maximum atomic E-state index is 6.25. The zero-order valence-corrected chi connectivity index (χ0v) is 19.0. The number of benzene rings is 1. The van der Waals surface area contributed by atoms with Gasteiger partial charge in [0.2, 0.25) is 17.8 Å². The number of anilines is 4. The highest BCUT2D eigenvalue weighted by atomic mass is 35.5. The lowest BCUT2D eigenvalue weighted by Gasteiger charge is -2.35. The van der Waals surface area contributed by atoms with Crippen LogP contribution in [0.1, 0.15) is 26.2 Å². The summed E-state index contributed by atoms with van der Waals surface area (Å²) in [7, 11) is 1.57. The quantitative estimate of drug-likeness (QED) is 0.445. The highest BCUT2D eigenvalue weighted by Gasteiger charge is 2.30. The topological polar surface area (TPSA) is 119 Å². The number of aromatic nitrogens is 5. The predicted molar refractivity (Wildman–Crippen MR) is 125 cm³/mol. The lowest BCUT2D eigenvalue weighted by atomic mass is 10.0. The van der Waals surface area contributed by atoms with E-state index in [1.807, 2.05) is 16.8 Å². The van der Waals surface area contributed by atoms with E-state index in [0.29, 0.717) is 35.4 Å². The van der Waals surface area contributed by atoms with Crippen molar-refractivity contribution in [2.45, 2.75) is 44.9 Å². The van der Waals surface area contributed by atoms with Crippen molar-refractivity contribution in [3.63, 3.8) is 0 Å². The summed E-state index contributed by atoms with van der Waals surface area (Å²) in [5.41, 5.74) is 6.81. The van der Waals surface area contributed by atoms with Crippen LogP contribution in [-0.4, -0.2) is 50.2 Å². The Labute approximate surface area is 192 Å². The average Bonchev–Trinajstić information content (AvgIpc) is 3.48. The van der Waals surface area contributed by atoms with Crippen molar-refractivity contribution in [2.24, 2.45) is 0 Å². The Bertz CT molecular complexity index is 1020. The molecule has 1 fully saturated rings. The van der Waals surface area contributed by atoms with Gasteiger partial charge in [-0.05, 0) is 44.0 Å². The van der Waals surface area contributed by atoms with Crippen molar-refractivity contribution >= 4 is 35.1 Å². The van der Waals surface area contributed by atoms with Crippen molar-refractivity contribution < 1.29 is 4.74 Å². The molecular formula is C21H28ClN9O. The average molecular weight is 458 g/mol. The van der Waals surface area contributed by atoms with Crippen molar-refractivity contribution in [3.8, 4) is 5.75 Å². The smallest absolute Gasteiger partial charge is 0.233 e. The van der Waals surface area contributed by atoms with Gasteiger partial charge in [-0.1, -0.05) is 18.5 Å². The SMILES string of the molecule is CCC(C1CCCN1)N(Cn1ccnc1)c1nc(N)nc(Nc2ccc(OC)c(Cl)c2)n1. The van der Waals surface area contributed by atoms with Crippen LogP contribution in [0.3, 0.4) is 0 Å². The van der Waals surface area contributed by atoms with E-state index in [1.54, 1.807) is 31.8 Å². The largest absolute Gasteiger partial charge is 0.495 e. The lowest BCUT2D eigenvalue weighted by Crippen LogP contribution is -2.48. The third-order valence-corrected chi connectivity index (χ3v) is 5.86. The summed E-state index contributed by atoms with van der Waals surface area (Å²) in [5, 5.41) is 7.27. The second-order valence-electron chi connectivity index (χ2n) is 7.66. The number of nitrogens with one attached hydrogen (secondary N) is 2. The van der Waals surface area contributed by atoms with Crippen molar-refractivity contribution in [2.75, 3.05) is 29.6 Å². The van der Waals surface area contributed by atoms with E-state index in [0.717, 1.165) is 31.5 Å². The standard InChI is InChI=1S/C21H28ClN9O/c1-3-17(16-5-4-8-25-16)31(13-30-10-9-24-12-30)21-28-19(23)27-20(29-21)26-14-6-7-18(32-2)15(22)11-14/h6-7,9-12,16-17,25H,3-5,8,13H2,1-2H3,(H3,23,26,27,28,29). The van der Waals surface area contributed by atoms with E-state index in [4.69, 9.17) is 27.1 Å². The molecule has 32 heavy (non-hydrogen) atoms. The van der Waals surface area contributed by atoms with Gasteiger partial charge in [-0.25, -0.2) is 4.98 Å². The zero-order chi connectivity index (χ0) is 22.5. The van der Waals surface area contributed by atoms with E-state index >= 15 is 0 Å². The van der Waals surface area contributed by atoms with E-state index in [9.17, 15) is 0 Å². The Hall–Kier alpha value is -3.11. The number of methoxy groups -OCH3 is 1. The molecule has 1 aromatic carbocycles. The number of ether oxygens (including phenoxy) is 1. The molecule has 0 aliphatic carbocycles. The number of rotatable bonds is 9. The number of imidazole rings is 1. The Morgan fingerprint density at radius 1 is 1.38 bits per heavy atom. The van der Waals surface area contributed by atoms with E-state index in [-0.39, 0.29) is 12.0 Å². The number of hydrogen-bond acceptors (Lipinski definition) is 9. The van der Waals surface area contributed by atoms with Crippen LogP contribution in [-0.2, 0) is 6.67 Å². The highest BCUT2D eigenvalue weighted by Crippen LogP contribution is 2.29. The van der Waals surface area contributed by atoms with Crippen LogP contribution in [0.2, 0.25) is 5.02 Å². The van der Waals surface area contributed by atoms with Crippen LogP contribution in [0.25, 0.3) is 0 Å². The first kappa shape index (κ1) is 22.1. The molecule has 1 aliphatic rings. The molecule has 170 valence electrons. The van der Waals surface area contributed by atoms with Crippen molar-refractivity contribution in [3.05, 3.63) is 41.9 Å². The molecule has 4 N–H and O–H groups in total. The fourth-order valence-corrected chi connectivity index (χ4v) is 4.32. The van der Waals surface area contributed by atoms with Gasteiger partial charge in [0.15, 0.2) is 0 Å². The molecule has 2 unspecified atom stereocenters. The molecule has 3 heterocycles. The number of hydrogen-bond donors (Lipinski definition) is 3. The van der Waals surface area contributed by atoms with Crippen molar-refractivity contribution in [1.29, 1.82) is 0 Å². The van der Waals surface area contributed by atoms with Gasteiger partial charge in [-0.15, -0.1) is 0 Å². The number of nitrogens with two attached hydrogens (primary N) is 1. The summed E-state index contributed by atoms with van der Waals surface area (Å²) < 4.78 is 7.21. The summed E-state index contributed by atoms with van der Waals surface area (Å²) in [6.07, 6.45) is 8.65. The monoisotopic (exact) mass is 457 g/mol. The number of nitrogen functional groups attached to an aromatic ring is 1. The highest BCUT2D eigenvalue weighted by molar-refractivity contribution is 6.32. The second-order valence-corrected chi connectivity index (χ2v) is 8.07. The molecular weight excluding hydrogens is 430 g/mol. The maximum absolute atomic E-state index is 6.25. The van der Waals surface area contributed by atoms with Crippen LogP contribution in [0, 0.1) is 0 Å². The van der Waals surface area contributed by atoms with Gasteiger partial charge in [-0.3, -0.25) is 0 Å². The minimum absolute atomic E-state index is 0.141. The zero-order valence-electron chi connectivity index (χ0n) is 18.2. The second kappa shape index (κ2) is 10.0. The first-order chi connectivity index (χ1) is 15.6. The van der Waals surface area contributed by atoms with Gasteiger partial charge >= 0.3 is 0 Å². The summed E-state index contributed by atoms with van der Waals surface area (Å²) in [6.45, 7) is 3.74. The molecule has 2 aromatic heterocycles. The normalized spacial score (nSPS) is 16.7. The lowest BCUT2D eigenvalue weighted by molar-refractivity contribution is 0.409. The Kier molecular flexibility index (Phi) is 6.91. The van der Waals surface area contributed by atoms with E-state index in [1.165, 1.54) is 0 Å². The Balaban J connectivity index is 1.65. The summed E-state index contributed by atoms with van der Waals surface area (Å²) in [6, 6.07) is 5.90. The van der Waals surface area contributed by atoms with Crippen molar-refractivity contribution in [1.82, 2.24) is 29.8 Å². The molecule has 0 spiro atoms. The first-order valence-corrected chi connectivity index (χ1v) is 11.0. The third kappa shape index (κ3) is 5.03. The minimum Gasteiger partial charge on any atom is -0.495 e. The molecule has 0 radical (unpaired) electrons. The fraction of sp³-hybridized carbons (Fsp3) is 0.429. The summed E-state index contributed by atoms with van der Waals surface area (Å²) >= 11 is 6.25. The van der Waals surface area contributed by atoms with Crippen LogP contribution in [0.4, 0.5) is 23.5 Å². The van der Waals surface area contributed by atoms with Gasteiger partial charge in [0.05, 0.1) is 25.1 Å². The molecule has 11 heteroatoms. The first-order valence-electron chi connectivity index (χ1n) is 10.6. The predicted octanol–water partition coefficient (Wildman–Crippen LogP) is 3.05. The fourth-order valence-electron chi connectivity index (χ4n) is 4.06. The molecule has 1 aliphatic heterocycles. The Morgan fingerprint density at radius 2 is 2.25 bits per heavy atom. The van der Waals surface area contributed by atoms with Gasteiger partial charge in [0.25, 0.3) is 0 Å². The van der Waals surface area contributed by atoms with Crippen LogP contribution >= 0.6 is 11.6 Å². The van der Waals surface area contributed by atoms with Gasteiger partial charge in [0, 0.05) is 30.2 Å². The molecule has 3 aromatic rings. The van der Waals surface area contributed by atoms with Crippen LogP contribution < -0.4 is 26.0 Å². The van der Waals surface area contributed by atoms with Gasteiger partial charge in [0.1, 0.15) is 5.75 Å². The molecule has 0 bridgehead atoms. The molecule has 1 saturated heterocycles. The van der Waals surface area contributed by atoms with E-state index < -0.39 is 0 Å². The minimum atomic E-state index is 0.141. The summed E-state index contributed by atoms with van der Waals surface area (Å²) in [4.78, 5) is 19.8. The number of nitrogens with zero attached hydrogens (tertiary/aromatic N) is 6.